The zero-order valence-electron chi connectivity index (χ0n) is 11.1. The van der Waals surface area contributed by atoms with Gasteiger partial charge in [-0.1, -0.05) is 23.4 Å². The predicted octanol–water partition coefficient (Wildman–Crippen LogP) is 1.13. The van der Waals surface area contributed by atoms with Crippen molar-refractivity contribution < 1.29 is 9.53 Å². The van der Waals surface area contributed by atoms with Crippen LogP contribution in [0.25, 0.3) is 0 Å². The van der Waals surface area contributed by atoms with Gasteiger partial charge in [0, 0.05) is 19.3 Å². The highest BCUT2D eigenvalue weighted by Crippen LogP contribution is 2.20. The van der Waals surface area contributed by atoms with Gasteiger partial charge in [0.2, 0.25) is 0 Å². The standard InChI is InChI=1S/C14H16N4O2/c19-14(11-20-13-4-2-1-3-5-13)17-8-6-12(10-17)18-9-7-15-16-18/h1-5,7,9,12H,6,8,10-11H2/t12-/m1/s1. The second kappa shape index (κ2) is 5.73. The number of hydrogen-bond acceptors (Lipinski definition) is 4. The fraction of sp³-hybridized carbons (Fsp3) is 0.357. The lowest BCUT2D eigenvalue weighted by atomic mass is 10.3. The minimum atomic E-state index is 0.0106. The molecule has 3 rings (SSSR count). The molecule has 104 valence electrons. The molecule has 2 heterocycles. The smallest absolute Gasteiger partial charge is 0.260 e. The molecule has 0 radical (unpaired) electrons. The Balaban J connectivity index is 1.51. The predicted molar refractivity (Wildman–Crippen MR) is 72.2 cm³/mol. The molecule has 1 aromatic heterocycles. The van der Waals surface area contributed by atoms with Crippen LogP contribution in [-0.2, 0) is 4.79 Å². The fourth-order valence-corrected chi connectivity index (χ4v) is 2.35. The van der Waals surface area contributed by atoms with Gasteiger partial charge in [-0.15, -0.1) is 5.10 Å². The number of aromatic nitrogens is 3. The molecule has 0 spiro atoms. The number of carbonyl (C=O) groups is 1. The monoisotopic (exact) mass is 272 g/mol. The van der Waals surface area contributed by atoms with E-state index in [-0.39, 0.29) is 18.6 Å². The van der Waals surface area contributed by atoms with E-state index < -0.39 is 0 Å². The number of nitrogens with zero attached hydrogens (tertiary/aromatic N) is 4. The number of ether oxygens (including phenoxy) is 1. The molecule has 1 aromatic carbocycles. The van der Waals surface area contributed by atoms with Crippen molar-refractivity contribution in [3.05, 3.63) is 42.7 Å². The molecule has 0 bridgehead atoms. The normalized spacial score (nSPS) is 18.2. The van der Waals surface area contributed by atoms with Gasteiger partial charge < -0.3 is 9.64 Å². The van der Waals surface area contributed by atoms with Gasteiger partial charge in [-0.05, 0) is 18.6 Å². The lowest BCUT2D eigenvalue weighted by Gasteiger charge is -2.16. The van der Waals surface area contributed by atoms with Gasteiger partial charge in [-0.2, -0.15) is 0 Å². The third-order valence-corrected chi connectivity index (χ3v) is 3.44. The van der Waals surface area contributed by atoms with Gasteiger partial charge in [0.1, 0.15) is 5.75 Å². The maximum absolute atomic E-state index is 12.1. The molecule has 1 atom stereocenters. The van der Waals surface area contributed by atoms with Gasteiger partial charge in [0.25, 0.3) is 5.91 Å². The van der Waals surface area contributed by atoms with E-state index in [1.165, 1.54) is 0 Å². The van der Waals surface area contributed by atoms with Crippen molar-refractivity contribution in [2.75, 3.05) is 19.7 Å². The molecular weight excluding hydrogens is 256 g/mol. The zero-order valence-corrected chi connectivity index (χ0v) is 11.1. The topological polar surface area (TPSA) is 60.2 Å². The molecule has 20 heavy (non-hydrogen) atoms. The molecule has 1 aliphatic rings. The van der Waals surface area contributed by atoms with Gasteiger partial charge in [0.05, 0.1) is 12.2 Å². The molecule has 6 nitrogen and oxygen atoms in total. The van der Waals surface area contributed by atoms with E-state index in [1.54, 1.807) is 6.20 Å². The highest BCUT2D eigenvalue weighted by atomic mass is 16.5. The maximum atomic E-state index is 12.1. The molecule has 0 saturated carbocycles. The van der Waals surface area contributed by atoms with Crippen LogP contribution in [0.5, 0.6) is 5.75 Å². The largest absolute Gasteiger partial charge is 0.484 e. The summed E-state index contributed by atoms with van der Waals surface area (Å²) in [5, 5.41) is 7.78. The molecule has 1 saturated heterocycles. The number of benzene rings is 1. The van der Waals surface area contributed by atoms with Crippen molar-refractivity contribution in [3.63, 3.8) is 0 Å². The molecular formula is C14H16N4O2. The summed E-state index contributed by atoms with van der Waals surface area (Å²) in [5.41, 5.74) is 0. The Labute approximate surface area is 117 Å². The minimum absolute atomic E-state index is 0.0106. The van der Waals surface area contributed by atoms with E-state index in [4.69, 9.17) is 4.74 Å². The van der Waals surface area contributed by atoms with Crippen LogP contribution in [0.1, 0.15) is 12.5 Å². The Morgan fingerprint density at radius 1 is 1.35 bits per heavy atom. The number of amides is 1. The van der Waals surface area contributed by atoms with Crippen molar-refractivity contribution in [3.8, 4) is 5.75 Å². The van der Waals surface area contributed by atoms with E-state index in [0.717, 1.165) is 13.0 Å². The molecule has 6 heteroatoms. The number of para-hydroxylation sites is 1. The summed E-state index contributed by atoms with van der Waals surface area (Å²) in [6, 6.07) is 9.59. The first-order chi connectivity index (χ1) is 9.83. The van der Waals surface area contributed by atoms with Crippen LogP contribution in [-0.4, -0.2) is 45.5 Å². The van der Waals surface area contributed by atoms with Crippen molar-refractivity contribution in [1.82, 2.24) is 19.9 Å². The highest BCUT2D eigenvalue weighted by molar-refractivity contribution is 5.78. The number of rotatable bonds is 4. The minimum Gasteiger partial charge on any atom is -0.484 e. The van der Waals surface area contributed by atoms with Crippen LogP contribution < -0.4 is 4.74 Å². The van der Waals surface area contributed by atoms with Gasteiger partial charge >= 0.3 is 0 Å². The molecule has 1 amide bonds. The van der Waals surface area contributed by atoms with Crippen LogP contribution in [0.15, 0.2) is 42.7 Å². The SMILES string of the molecule is O=C(COc1ccccc1)N1CC[C@@H](n2ccnn2)C1. The molecule has 0 unspecified atom stereocenters. The summed E-state index contributed by atoms with van der Waals surface area (Å²) < 4.78 is 7.29. The lowest BCUT2D eigenvalue weighted by molar-refractivity contribution is -0.132. The number of likely N-dealkylation sites (tertiary alicyclic amines) is 1. The summed E-state index contributed by atoms with van der Waals surface area (Å²) in [7, 11) is 0. The third-order valence-electron chi connectivity index (χ3n) is 3.44. The molecule has 0 aliphatic carbocycles. The van der Waals surface area contributed by atoms with E-state index in [9.17, 15) is 4.79 Å². The van der Waals surface area contributed by atoms with Crippen LogP contribution >= 0.6 is 0 Å². The van der Waals surface area contributed by atoms with E-state index in [0.29, 0.717) is 12.3 Å². The van der Waals surface area contributed by atoms with E-state index >= 15 is 0 Å². The maximum Gasteiger partial charge on any atom is 0.260 e. The summed E-state index contributed by atoms with van der Waals surface area (Å²) in [5.74, 6) is 0.726. The Morgan fingerprint density at radius 3 is 2.95 bits per heavy atom. The van der Waals surface area contributed by atoms with Gasteiger partial charge in [-0.3, -0.25) is 4.79 Å². The zero-order chi connectivity index (χ0) is 13.8. The Hall–Kier alpha value is -2.37. The van der Waals surface area contributed by atoms with Gasteiger partial charge in [-0.25, -0.2) is 4.68 Å². The fourth-order valence-electron chi connectivity index (χ4n) is 2.35. The van der Waals surface area contributed by atoms with Crippen molar-refractivity contribution >= 4 is 5.91 Å². The van der Waals surface area contributed by atoms with Gasteiger partial charge in [0.15, 0.2) is 6.61 Å². The summed E-state index contributed by atoms with van der Waals surface area (Å²) >= 11 is 0. The second-order valence-electron chi connectivity index (χ2n) is 4.77. The highest BCUT2D eigenvalue weighted by Gasteiger charge is 2.27. The van der Waals surface area contributed by atoms with Crippen LogP contribution in [0.2, 0.25) is 0 Å². The second-order valence-corrected chi connectivity index (χ2v) is 4.77. The average Bonchev–Trinajstić information content (AvgIpc) is 3.16. The average molecular weight is 272 g/mol. The third kappa shape index (κ3) is 2.79. The first-order valence-electron chi connectivity index (χ1n) is 6.64. The number of carbonyl (C=O) groups excluding carboxylic acids is 1. The van der Waals surface area contributed by atoms with Crippen molar-refractivity contribution in [1.29, 1.82) is 0 Å². The summed E-state index contributed by atoms with van der Waals surface area (Å²) in [6.07, 6.45) is 4.39. The first-order valence-corrected chi connectivity index (χ1v) is 6.64. The van der Waals surface area contributed by atoms with Crippen molar-refractivity contribution in [2.24, 2.45) is 0 Å². The van der Waals surface area contributed by atoms with Crippen LogP contribution in [0.4, 0.5) is 0 Å². The van der Waals surface area contributed by atoms with Crippen molar-refractivity contribution in [2.45, 2.75) is 12.5 Å². The molecule has 1 fully saturated rings. The molecule has 2 aromatic rings. The summed E-state index contributed by atoms with van der Waals surface area (Å²) in [6.45, 7) is 1.48. The molecule has 0 N–H and O–H groups in total. The Kier molecular flexibility index (Phi) is 3.62. The van der Waals surface area contributed by atoms with E-state index in [1.807, 2.05) is 46.1 Å². The Morgan fingerprint density at radius 2 is 2.20 bits per heavy atom. The lowest BCUT2D eigenvalue weighted by Crippen LogP contribution is -2.33. The van der Waals surface area contributed by atoms with E-state index in [2.05, 4.69) is 10.3 Å². The summed E-state index contributed by atoms with van der Waals surface area (Å²) in [4.78, 5) is 13.9. The Bertz CT molecular complexity index is 556. The van der Waals surface area contributed by atoms with Crippen LogP contribution in [0.3, 0.4) is 0 Å². The first kappa shape index (κ1) is 12.7. The molecule has 1 aliphatic heterocycles. The quantitative estimate of drug-likeness (QED) is 0.837. The van der Waals surface area contributed by atoms with Crippen LogP contribution in [0, 0.1) is 0 Å². The number of hydrogen-bond donors (Lipinski definition) is 0.